The van der Waals surface area contributed by atoms with Gasteiger partial charge < -0.3 is 48.2 Å². The van der Waals surface area contributed by atoms with Crippen LogP contribution in [0.25, 0.3) is 0 Å². The highest BCUT2D eigenvalue weighted by atomic mass is 127. The Bertz CT molecular complexity index is 2080. The molecule has 0 amide bonds. The minimum Gasteiger partial charge on any atom is -1.00 e. The zero-order valence-corrected chi connectivity index (χ0v) is 41.5. The number of fused-ring (bicyclic) bond motifs is 4. The number of nitrogens with one attached hydrogen (secondary N) is 1. The lowest BCUT2D eigenvalue weighted by molar-refractivity contribution is -0.935. The Morgan fingerprint density at radius 3 is 1.76 bits per heavy atom. The number of halogens is 2. The largest absolute Gasteiger partial charge is 1.00 e. The van der Waals surface area contributed by atoms with E-state index in [2.05, 4.69) is 108 Å². The van der Waals surface area contributed by atoms with Crippen molar-refractivity contribution in [2.24, 2.45) is 11.8 Å². The number of phenols is 1. The fraction of sp³-hybridized carbons (Fsp3) is 0.455. The minimum atomic E-state index is 0. The number of ether oxygens (including phenoxy) is 3. The Kier molecular flexibility index (Phi) is 20.9. The average Bonchev–Trinajstić information content (AvgIpc) is 3.31. The Morgan fingerprint density at radius 2 is 1.16 bits per heavy atom. The molecule has 340 valence electrons. The highest BCUT2D eigenvalue weighted by Gasteiger charge is 2.40. The van der Waals surface area contributed by atoms with Gasteiger partial charge in [-0.25, -0.2) is 0 Å². The predicted molar refractivity (Wildman–Crippen MR) is 264 cm³/mol. The molecule has 2 aliphatic heterocycles. The Balaban J connectivity index is 0.000000227. The molecule has 4 aliphatic rings. The zero-order chi connectivity index (χ0) is 42.4. The summed E-state index contributed by atoms with van der Waals surface area (Å²) >= 11 is 2.15. The highest BCUT2D eigenvalue weighted by Crippen LogP contribution is 2.44. The van der Waals surface area contributed by atoms with E-state index in [-0.39, 0.29) is 31.4 Å². The van der Waals surface area contributed by atoms with Crippen LogP contribution in [0.15, 0.2) is 115 Å². The first-order valence-electron chi connectivity index (χ1n) is 23.0. The van der Waals surface area contributed by atoms with E-state index in [1.54, 1.807) is 4.90 Å². The van der Waals surface area contributed by atoms with Crippen molar-refractivity contribution >= 4 is 22.6 Å². The smallest absolute Gasteiger partial charge is 0.165 e. The molecule has 2 aliphatic carbocycles. The molecule has 2 saturated heterocycles. The van der Waals surface area contributed by atoms with Crippen molar-refractivity contribution < 1.29 is 48.2 Å². The summed E-state index contributed by atoms with van der Waals surface area (Å²) in [6, 6.07) is 40.9. The van der Waals surface area contributed by atoms with Crippen molar-refractivity contribution in [1.29, 1.82) is 0 Å². The summed E-state index contributed by atoms with van der Waals surface area (Å²) < 4.78 is 18.8. The van der Waals surface area contributed by atoms with E-state index in [0.29, 0.717) is 49.2 Å². The number of benzene rings is 5. The number of rotatable bonds is 13. The molecule has 5 aromatic carbocycles. The quantitative estimate of drug-likeness (QED) is 0.0920. The third-order valence-electron chi connectivity index (χ3n) is 13.4. The van der Waals surface area contributed by atoms with E-state index in [1.165, 1.54) is 92.5 Å². The molecule has 5 atom stereocenters. The lowest BCUT2D eigenvalue weighted by Gasteiger charge is -2.45. The number of phenolic OH excluding ortho intramolecular Hbond substituents is 1. The molecule has 63 heavy (non-hydrogen) atoms. The maximum atomic E-state index is 10.8. The van der Waals surface area contributed by atoms with Gasteiger partial charge in [0.1, 0.15) is 19.8 Å². The Hall–Kier alpha value is -3.32. The summed E-state index contributed by atoms with van der Waals surface area (Å²) in [5, 5.41) is 10.8. The van der Waals surface area contributed by atoms with Crippen LogP contribution in [0, 0.1) is 11.8 Å². The van der Waals surface area contributed by atoms with Crippen LogP contribution in [0.3, 0.4) is 0 Å². The molecule has 0 aromatic heterocycles. The van der Waals surface area contributed by atoms with Crippen molar-refractivity contribution in [2.45, 2.75) is 117 Å². The molecule has 0 radical (unpaired) electrons. The molecule has 2 heterocycles. The van der Waals surface area contributed by atoms with Crippen LogP contribution in [0.1, 0.15) is 98.7 Å². The van der Waals surface area contributed by atoms with Gasteiger partial charge in [0.25, 0.3) is 0 Å². The molecule has 0 bridgehead atoms. The molecule has 0 saturated carbocycles. The van der Waals surface area contributed by atoms with E-state index in [1.807, 2.05) is 53.5 Å². The van der Waals surface area contributed by atoms with Crippen LogP contribution in [0.4, 0.5) is 0 Å². The molecule has 2 fully saturated rings. The summed E-state index contributed by atoms with van der Waals surface area (Å²) in [5.41, 5.74) is 8.75. The number of piperidine rings is 2. The fourth-order valence-corrected chi connectivity index (χ4v) is 10.5. The zero-order valence-electron chi connectivity index (χ0n) is 37.2. The number of hydrogen-bond donors (Lipinski definition) is 2. The van der Waals surface area contributed by atoms with Crippen molar-refractivity contribution in [3.05, 3.63) is 154 Å². The van der Waals surface area contributed by atoms with Gasteiger partial charge in [-0.3, -0.25) is 4.90 Å². The average molecular weight is 1080 g/mol. The number of hydrogen-bond acceptors (Lipinski definition) is 5. The van der Waals surface area contributed by atoms with Gasteiger partial charge in [0, 0.05) is 29.5 Å². The molecule has 8 heteroatoms. The van der Waals surface area contributed by atoms with Crippen LogP contribution in [-0.4, -0.2) is 53.2 Å². The SMILES string of the molecule is C.CCCN1CCC[C@@H]2Cc3c(ccc(OCc4ccccc4)c3OCc3ccccc3)C[C@H]21.CCC[NH+]1CCC[C@@H]2Cc3c(ccc(OCc4ccccc4)c3O)C[C@H]21.CI.[I-]. The maximum absolute atomic E-state index is 10.8. The lowest BCUT2D eigenvalue weighted by atomic mass is 9.75. The number of quaternary nitrogens is 1. The number of nitrogens with zero attached hydrogens (tertiary/aromatic N) is 1. The van der Waals surface area contributed by atoms with E-state index in [0.717, 1.165) is 54.4 Å². The normalized spacial score (nSPS) is 20.7. The predicted octanol–water partition coefficient (Wildman–Crippen LogP) is 8.27. The second-order valence-electron chi connectivity index (χ2n) is 17.4. The molecular formula is C55H72I2N2O4. The van der Waals surface area contributed by atoms with Crippen molar-refractivity contribution in [3.8, 4) is 23.0 Å². The molecule has 1 unspecified atom stereocenters. The van der Waals surface area contributed by atoms with Gasteiger partial charge in [-0.1, -0.05) is 147 Å². The Labute approximate surface area is 410 Å². The highest BCUT2D eigenvalue weighted by molar-refractivity contribution is 14.1. The van der Waals surface area contributed by atoms with Crippen LogP contribution >= 0.6 is 22.6 Å². The molecule has 5 aromatic rings. The van der Waals surface area contributed by atoms with Crippen LogP contribution in [0.2, 0.25) is 0 Å². The topological polar surface area (TPSA) is 55.6 Å². The molecule has 0 spiro atoms. The van der Waals surface area contributed by atoms with Gasteiger partial charge in [-0.05, 0) is 122 Å². The molecular weight excluding hydrogens is 1010 g/mol. The van der Waals surface area contributed by atoms with E-state index >= 15 is 0 Å². The summed E-state index contributed by atoms with van der Waals surface area (Å²) in [6.07, 6.45) is 12.0. The van der Waals surface area contributed by atoms with Gasteiger partial charge in [0.2, 0.25) is 0 Å². The fourth-order valence-electron chi connectivity index (χ4n) is 10.5. The molecule has 6 nitrogen and oxygen atoms in total. The van der Waals surface area contributed by atoms with Crippen LogP contribution in [0.5, 0.6) is 23.0 Å². The van der Waals surface area contributed by atoms with E-state index in [9.17, 15) is 5.11 Å². The number of likely N-dealkylation sites (tertiary alicyclic amines) is 2. The number of aromatic hydroxyl groups is 1. The summed E-state index contributed by atoms with van der Waals surface area (Å²) in [5.74, 6) is 4.24. The van der Waals surface area contributed by atoms with Gasteiger partial charge >= 0.3 is 0 Å². The van der Waals surface area contributed by atoms with Gasteiger partial charge in [-0.15, -0.1) is 0 Å². The second kappa shape index (κ2) is 26.0. The number of alkyl halides is 1. The summed E-state index contributed by atoms with van der Waals surface area (Å²) in [6.45, 7) is 11.3. The first-order chi connectivity index (χ1) is 30.1. The Morgan fingerprint density at radius 1 is 0.619 bits per heavy atom. The van der Waals surface area contributed by atoms with Gasteiger partial charge in [0.05, 0.1) is 19.1 Å². The summed E-state index contributed by atoms with van der Waals surface area (Å²) in [7, 11) is 0. The first-order valence-corrected chi connectivity index (χ1v) is 25.2. The van der Waals surface area contributed by atoms with Crippen molar-refractivity contribution in [2.75, 3.05) is 31.1 Å². The van der Waals surface area contributed by atoms with Gasteiger partial charge in [0.15, 0.2) is 23.0 Å². The first kappa shape index (κ1) is 50.7. The molecule has 2 N–H and O–H groups in total. The third kappa shape index (κ3) is 13.2. The van der Waals surface area contributed by atoms with Crippen LogP contribution in [-0.2, 0) is 45.5 Å². The van der Waals surface area contributed by atoms with E-state index in [4.69, 9.17) is 14.2 Å². The third-order valence-corrected chi connectivity index (χ3v) is 13.4. The standard InChI is InChI=1S/C30H35NO2.C23H29NO2.CH3I.CH4.HI/c1-2-17-31-18-9-14-26-19-27-25(20-28(26)31)15-16-29(32-21-23-10-5-3-6-11-23)30(27)33-22-24-12-7-4-8-13-24;1-2-12-24-13-6-9-19-14-20-18(15-21(19)24)10-11-22(23(20)25)26-16-17-7-4-3-5-8-17;1-2;;/h3-8,10-13,15-16,26,28H,2,9,14,17-22H2,1H3;3-5,7-8,10-11,19,21,25H,2,6,9,12-16H2,1H3;1H3;1H4;1H/t26-,28-;19-,21-;;;/m11.../s1. The van der Waals surface area contributed by atoms with E-state index < -0.39 is 0 Å². The van der Waals surface area contributed by atoms with Gasteiger partial charge in [-0.2, -0.15) is 0 Å². The minimum absolute atomic E-state index is 0. The van der Waals surface area contributed by atoms with Crippen molar-refractivity contribution in [3.63, 3.8) is 0 Å². The summed E-state index contributed by atoms with van der Waals surface area (Å²) in [4.78, 5) is 6.48. The lowest BCUT2D eigenvalue weighted by Crippen LogP contribution is -3.18. The second-order valence-corrected chi connectivity index (χ2v) is 17.4. The van der Waals surface area contributed by atoms with Crippen LogP contribution < -0.4 is 43.1 Å². The monoisotopic (exact) mass is 1080 g/mol. The molecule has 9 rings (SSSR count). The van der Waals surface area contributed by atoms with Crippen molar-refractivity contribution in [1.82, 2.24) is 4.90 Å². The maximum Gasteiger partial charge on any atom is 0.165 e.